The van der Waals surface area contributed by atoms with Crippen LogP contribution in [0, 0.1) is 17.8 Å². The molecule has 5 aliphatic rings. The molecule has 6 heteroatoms. The molecule has 3 aliphatic heterocycles. The number of aliphatic hydroxyl groups excluding tert-OH is 2. The molecule has 3 saturated heterocycles. The van der Waals surface area contributed by atoms with Crippen LogP contribution in [0.15, 0.2) is 11.6 Å². The number of aliphatic hydroxyl groups is 2. The molecule has 3 heterocycles. The smallest absolute Gasteiger partial charge is 0.198 e. The van der Waals surface area contributed by atoms with Gasteiger partial charge in [0.05, 0.1) is 18.8 Å². The standard InChI is InChI=1S/C21H32O6/c1-13(18(23)11-19(24)15-6-4-8-17(15)22)16-7-3-5-14-9-10-20(2)25-12-21(14,16)27-26-20/h6,13-14,16,18-19,23-24H,3-5,7-12H2,1-2H3/t13-,14-,16+,18-,19+,20+,21-/m1/s1. The maximum Gasteiger partial charge on any atom is 0.198 e. The summed E-state index contributed by atoms with van der Waals surface area (Å²) in [5.74, 6) is -0.303. The van der Waals surface area contributed by atoms with E-state index in [4.69, 9.17) is 14.5 Å². The lowest BCUT2D eigenvalue weighted by Gasteiger charge is -2.52. The van der Waals surface area contributed by atoms with Crippen molar-refractivity contribution in [3.05, 3.63) is 11.6 Å². The van der Waals surface area contributed by atoms with Crippen LogP contribution in [0.5, 0.6) is 0 Å². The van der Waals surface area contributed by atoms with Crippen molar-refractivity contribution in [2.75, 3.05) is 6.61 Å². The van der Waals surface area contributed by atoms with Crippen molar-refractivity contribution in [3.63, 3.8) is 0 Å². The minimum Gasteiger partial charge on any atom is -0.393 e. The van der Waals surface area contributed by atoms with Gasteiger partial charge in [-0.2, -0.15) is 0 Å². The fourth-order valence-corrected chi connectivity index (χ4v) is 5.63. The lowest BCUT2D eigenvalue weighted by Crippen LogP contribution is -2.59. The Morgan fingerprint density at radius 3 is 2.74 bits per heavy atom. The molecule has 0 amide bonds. The Bertz CT molecular complexity index is 606. The number of allylic oxidation sites excluding steroid dienone is 1. The number of ketones is 1. The molecule has 0 radical (unpaired) electrons. The highest BCUT2D eigenvalue weighted by molar-refractivity contribution is 5.98. The maximum atomic E-state index is 11.9. The molecule has 1 spiro atoms. The van der Waals surface area contributed by atoms with Gasteiger partial charge in [0, 0.05) is 24.8 Å². The minimum absolute atomic E-state index is 0.000792. The highest BCUT2D eigenvalue weighted by atomic mass is 17.2. The third-order valence-corrected chi connectivity index (χ3v) is 7.43. The van der Waals surface area contributed by atoms with E-state index in [2.05, 4.69) is 0 Å². The molecule has 2 bridgehead atoms. The van der Waals surface area contributed by atoms with Crippen molar-refractivity contribution >= 4 is 5.78 Å². The van der Waals surface area contributed by atoms with Crippen LogP contribution in [0.1, 0.15) is 65.2 Å². The van der Waals surface area contributed by atoms with Crippen LogP contribution in [0.3, 0.4) is 0 Å². The predicted molar refractivity (Wildman–Crippen MR) is 97.4 cm³/mol. The SMILES string of the molecule is C[C@@H]([C@H](O)C[C@H](O)C1=CCCC1=O)[C@@H]1CCC[C@@H]2CC[C@@]3(C)OC[C@@]21OO3. The van der Waals surface area contributed by atoms with Crippen LogP contribution in [-0.2, 0) is 19.3 Å². The summed E-state index contributed by atoms with van der Waals surface area (Å²) in [6.07, 6.45) is 6.46. The first-order valence-electron chi connectivity index (χ1n) is 10.4. The Morgan fingerprint density at radius 1 is 1.26 bits per heavy atom. The van der Waals surface area contributed by atoms with Gasteiger partial charge in [-0.3, -0.25) is 4.79 Å². The van der Waals surface area contributed by atoms with Gasteiger partial charge in [0.25, 0.3) is 0 Å². The Hall–Kier alpha value is -0.790. The third kappa shape index (κ3) is 3.40. The van der Waals surface area contributed by atoms with Gasteiger partial charge in [-0.25, -0.2) is 9.78 Å². The largest absolute Gasteiger partial charge is 0.393 e. The molecule has 7 atom stereocenters. The molecule has 0 aromatic heterocycles. The maximum absolute atomic E-state index is 11.9. The molecule has 1 saturated carbocycles. The van der Waals surface area contributed by atoms with Gasteiger partial charge in [-0.05, 0) is 50.4 Å². The van der Waals surface area contributed by atoms with Gasteiger partial charge < -0.3 is 14.9 Å². The summed E-state index contributed by atoms with van der Waals surface area (Å²) in [5.41, 5.74) is -0.0612. The zero-order chi connectivity index (χ0) is 19.2. The van der Waals surface area contributed by atoms with E-state index in [0.717, 1.165) is 32.1 Å². The number of carbonyl (C=O) groups is 1. The van der Waals surface area contributed by atoms with E-state index in [1.807, 2.05) is 13.8 Å². The highest BCUT2D eigenvalue weighted by Gasteiger charge is 2.59. The molecule has 2 N–H and O–H groups in total. The molecular weight excluding hydrogens is 348 g/mol. The van der Waals surface area contributed by atoms with Crippen molar-refractivity contribution in [2.45, 2.75) is 88.8 Å². The topological polar surface area (TPSA) is 85.2 Å². The van der Waals surface area contributed by atoms with Crippen molar-refractivity contribution in [1.29, 1.82) is 0 Å². The quantitative estimate of drug-likeness (QED) is 0.714. The number of ether oxygens (including phenoxy) is 1. The number of carbonyl (C=O) groups excluding carboxylic acids is 1. The number of Topliss-reactive ketones (excluding diaryl/α,β-unsaturated/α-hetero) is 1. The number of hydrogen-bond acceptors (Lipinski definition) is 6. The summed E-state index contributed by atoms with van der Waals surface area (Å²) >= 11 is 0. The second-order valence-electron chi connectivity index (χ2n) is 9.12. The van der Waals surface area contributed by atoms with Crippen molar-refractivity contribution in [2.24, 2.45) is 17.8 Å². The molecule has 0 aromatic rings. The second kappa shape index (κ2) is 7.23. The lowest BCUT2D eigenvalue weighted by atomic mass is 9.62. The fraction of sp³-hybridized carbons (Fsp3) is 0.857. The summed E-state index contributed by atoms with van der Waals surface area (Å²) in [6.45, 7) is 4.43. The zero-order valence-electron chi connectivity index (χ0n) is 16.4. The molecule has 5 rings (SSSR count). The summed E-state index contributed by atoms with van der Waals surface area (Å²) in [7, 11) is 0. The summed E-state index contributed by atoms with van der Waals surface area (Å²) in [5, 5.41) is 21.3. The zero-order valence-corrected chi connectivity index (χ0v) is 16.4. The van der Waals surface area contributed by atoms with Gasteiger partial charge >= 0.3 is 0 Å². The molecule has 4 fully saturated rings. The van der Waals surface area contributed by atoms with Gasteiger partial charge in [0.2, 0.25) is 0 Å². The summed E-state index contributed by atoms with van der Waals surface area (Å²) in [4.78, 5) is 23.6. The number of fused-ring (bicyclic) bond motifs is 3. The summed E-state index contributed by atoms with van der Waals surface area (Å²) in [6, 6.07) is 0. The molecule has 152 valence electrons. The van der Waals surface area contributed by atoms with Crippen molar-refractivity contribution in [1.82, 2.24) is 0 Å². The van der Waals surface area contributed by atoms with E-state index < -0.39 is 23.6 Å². The van der Waals surface area contributed by atoms with E-state index in [0.29, 0.717) is 30.9 Å². The van der Waals surface area contributed by atoms with Crippen molar-refractivity contribution in [3.8, 4) is 0 Å². The van der Waals surface area contributed by atoms with Gasteiger partial charge in [-0.1, -0.05) is 19.4 Å². The first-order valence-corrected chi connectivity index (χ1v) is 10.4. The van der Waals surface area contributed by atoms with E-state index in [1.165, 1.54) is 0 Å². The third-order valence-electron chi connectivity index (χ3n) is 7.43. The van der Waals surface area contributed by atoms with Crippen LogP contribution < -0.4 is 0 Å². The predicted octanol–water partition coefficient (Wildman–Crippen LogP) is 2.67. The van der Waals surface area contributed by atoms with Crippen LogP contribution >= 0.6 is 0 Å². The Labute approximate surface area is 160 Å². The average Bonchev–Trinajstić information content (AvgIpc) is 2.95. The van der Waals surface area contributed by atoms with Crippen LogP contribution in [-0.4, -0.2) is 46.2 Å². The molecule has 2 aliphatic carbocycles. The van der Waals surface area contributed by atoms with Gasteiger partial charge in [0.15, 0.2) is 11.6 Å². The highest BCUT2D eigenvalue weighted by Crippen LogP contribution is 2.53. The van der Waals surface area contributed by atoms with E-state index in [-0.39, 0.29) is 24.0 Å². The molecule has 0 aromatic carbocycles. The minimum atomic E-state index is -0.897. The monoisotopic (exact) mass is 380 g/mol. The first kappa shape index (κ1) is 19.5. The van der Waals surface area contributed by atoms with E-state index >= 15 is 0 Å². The Balaban J connectivity index is 1.48. The average molecular weight is 380 g/mol. The first-order chi connectivity index (χ1) is 12.8. The molecule has 27 heavy (non-hydrogen) atoms. The fourth-order valence-electron chi connectivity index (χ4n) is 5.63. The van der Waals surface area contributed by atoms with Crippen molar-refractivity contribution < 1.29 is 29.5 Å². The molecule has 6 nitrogen and oxygen atoms in total. The second-order valence-corrected chi connectivity index (χ2v) is 9.12. The number of rotatable bonds is 5. The molecular formula is C21H32O6. The lowest BCUT2D eigenvalue weighted by molar-refractivity contribution is -0.516. The van der Waals surface area contributed by atoms with Crippen LogP contribution in [0.25, 0.3) is 0 Å². The van der Waals surface area contributed by atoms with E-state index in [9.17, 15) is 15.0 Å². The summed E-state index contributed by atoms with van der Waals surface area (Å²) < 4.78 is 6.05. The Morgan fingerprint density at radius 2 is 2.07 bits per heavy atom. The Kier molecular flexibility index (Phi) is 5.23. The normalized spacial score (nSPS) is 42.2. The van der Waals surface area contributed by atoms with Crippen LogP contribution in [0.2, 0.25) is 0 Å². The molecule has 0 unspecified atom stereocenters. The van der Waals surface area contributed by atoms with E-state index in [1.54, 1.807) is 6.08 Å². The number of hydrogen-bond donors (Lipinski definition) is 2. The van der Waals surface area contributed by atoms with Crippen LogP contribution in [0.4, 0.5) is 0 Å². The van der Waals surface area contributed by atoms with Gasteiger partial charge in [-0.15, -0.1) is 0 Å². The van der Waals surface area contributed by atoms with Gasteiger partial charge in [0.1, 0.15) is 5.60 Å².